The van der Waals surface area contributed by atoms with Crippen LogP contribution in [0.5, 0.6) is 5.88 Å². The van der Waals surface area contributed by atoms with Gasteiger partial charge in [0.1, 0.15) is 12.4 Å². The fourth-order valence-electron chi connectivity index (χ4n) is 2.97. The highest BCUT2D eigenvalue weighted by molar-refractivity contribution is 5.95. The van der Waals surface area contributed by atoms with E-state index in [9.17, 15) is 14.0 Å². The molecule has 0 spiro atoms. The lowest BCUT2D eigenvalue weighted by Gasteiger charge is -2.17. The molecule has 27 heavy (non-hydrogen) atoms. The van der Waals surface area contributed by atoms with Gasteiger partial charge in [-0.3, -0.25) is 9.59 Å². The molecule has 2 heterocycles. The van der Waals surface area contributed by atoms with Gasteiger partial charge in [0.05, 0.1) is 12.2 Å². The maximum absolute atomic E-state index is 14.2. The number of amides is 2. The average Bonchev–Trinajstić information content (AvgIpc) is 3.11. The Morgan fingerprint density at radius 3 is 2.70 bits per heavy atom. The lowest BCUT2D eigenvalue weighted by Crippen LogP contribution is -2.31. The Kier molecular flexibility index (Phi) is 5.63. The third-order valence-corrected chi connectivity index (χ3v) is 4.33. The number of carbonyl (C=O) groups excluding carboxylic acids is 2. The van der Waals surface area contributed by atoms with E-state index in [1.165, 1.54) is 13.3 Å². The summed E-state index contributed by atoms with van der Waals surface area (Å²) in [4.78, 5) is 33.1. The first-order chi connectivity index (χ1) is 13.0. The summed E-state index contributed by atoms with van der Waals surface area (Å²) >= 11 is 0. The number of ether oxygens (including phenoxy) is 1. The van der Waals surface area contributed by atoms with E-state index < -0.39 is 5.82 Å². The quantitative estimate of drug-likeness (QED) is 0.871. The number of nitrogens with one attached hydrogen (secondary N) is 1. The van der Waals surface area contributed by atoms with Crippen LogP contribution in [-0.2, 0) is 11.2 Å². The summed E-state index contributed by atoms with van der Waals surface area (Å²) in [5, 5.41) is 2.66. The molecule has 1 aromatic carbocycles. The first kappa shape index (κ1) is 18.8. The van der Waals surface area contributed by atoms with Crippen molar-refractivity contribution in [2.75, 3.05) is 18.4 Å². The van der Waals surface area contributed by atoms with E-state index in [1.807, 2.05) is 6.92 Å². The second kappa shape index (κ2) is 8.11. The Morgan fingerprint density at radius 2 is 2.04 bits per heavy atom. The summed E-state index contributed by atoms with van der Waals surface area (Å²) in [7, 11) is 0. The van der Waals surface area contributed by atoms with Gasteiger partial charge >= 0.3 is 0 Å². The first-order valence-corrected chi connectivity index (χ1v) is 8.81. The SMILES string of the molecule is CCc1ncnc(OC2CCN(C(=O)c3ccc(NC(C)=O)cc3)C2)c1F. The predicted octanol–water partition coefficient (Wildman–Crippen LogP) is 2.43. The van der Waals surface area contributed by atoms with Crippen LogP contribution >= 0.6 is 0 Å². The van der Waals surface area contributed by atoms with E-state index in [-0.39, 0.29) is 23.8 Å². The molecular formula is C19H21FN4O3. The highest BCUT2D eigenvalue weighted by atomic mass is 19.1. The Balaban J connectivity index is 1.62. The fourth-order valence-corrected chi connectivity index (χ4v) is 2.97. The van der Waals surface area contributed by atoms with Crippen molar-refractivity contribution in [1.82, 2.24) is 14.9 Å². The van der Waals surface area contributed by atoms with Gasteiger partial charge in [-0.25, -0.2) is 4.98 Å². The number of hydrogen-bond donors (Lipinski definition) is 1. The molecule has 1 aliphatic rings. The molecular weight excluding hydrogens is 351 g/mol. The van der Waals surface area contributed by atoms with Crippen LogP contribution in [-0.4, -0.2) is 45.9 Å². The van der Waals surface area contributed by atoms with Crippen LogP contribution in [0.25, 0.3) is 0 Å². The first-order valence-electron chi connectivity index (χ1n) is 8.81. The molecule has 8 heteroatoms. The van der Waals surface area contributed by atoms with Gasteiger partial charge in [-0.05, 0) is 30.7 Å². The smallest absolute Gasteiger partial charge is 0.254 e. The predicted molar refractivity (Wildman–Crippen MR) is 97.1 cm³/mol. The molecule has 1 saturated heterocycles. The molecule has 3 rings (SSSR count). The zero-order chi connectivity index (χ0) is 19.4. The van der Waals surface area contributed by atoms with Crippen molar-refractivity contribution in [2.24, 2.45) is 0 Å². The molecule has 1 unspecified atom stereocenters. The molecule has 7 nitrogen and oxygen atoms in total. The van der Waals surface area contributed by atoms with Crippen molar-refractivity contribution in [3.63, 3.8) is 0 Å². The molecule has 0 radical (unpaired) electrons. The van der Waals surface area contributed by atoms with Crippen LogP contribution in [0.1, 0.15) is 36.3 Å². The van der Waals surface area contributed by atoms with E-state index in [0.29, 0.717) is 42.9 Å². The van der Waals surface area contributed by atoms with Crippen LogP contribution in [0.15, 0.2) is 30.6 Å². The molecule has 0 aliphatic carbocycles. The number of carbonyl (C=O) groups is 2. The lowest BCUT2D eigenvalue weighted by molar-refractivity contribution is -0.114. The van der Waals surface area contributed by atoms with E-state index >= 15 is 0 Å². The standard InChI is InChI=1S/C19H21FN4O3/c1-3-16-17(20)18(22-11-21-16)27-15-8-9-24(10-15)19(26)13-4-6-14(7-5-13)23-12(2)25/h4-7,11,15H,3,8-10H2,1-2H3,(H,23,25). The minimum absolute atomic E-state index is 0.0687. The molecule has 1 aromatic heterocycles. The second-order valence-electron chi connectivity index (χ2n) is 6.33. The average molecular weight is 372 g/mol. The monoisotopic (exact) mass is 372 g/mol. The number of hydrogen-bond acceptors (Lipinski definition) is 5. The van der Waals surface area contributed by atoms with E-state index in [4.69, 9.17) is 4.74 Å². The summed E-state index contributed by atoms with van der Waals surface area (Å²) < 4.78 is 19.9. The molecule has 0 saturated carbocycles. The third-order valence-electron chi connectivity index (χ3n) is 4.33. The summed E-state index contributed by atoms with van der Waals surface area (Å²) in [6.07, 6.45) is 2.02. The Bertz CT molecular complexity index is 841. The van der Waals surface area contributed by atoms with E-state index in [2.05, 4.69) is 15.3 Å². The van der Waals surface area contributed by atoms with Crippen molar-refractivity contribution >= 4 is 17.5 Å². The van der Waals surface area contributed by atoms with Crippen molar-refractivity contribution in [3.8, 4) is 5.88 Å². The number of nitrogens with zero attached hydrogens (tertiary/aromatic N) is 3. The Labute approximate surface area is 156 Å². The van der Waals surface area contributed by atoms with Gasteiger partial charge in [0, 0.05) is 31.1 Å². The van der Waals surface area contributed by atoms with Crippen LogP contribution in [0, 0.1) is 5.82 Å². The molecule has 1 fully saturated rings. The molecule has 1 aliphatic heterocycles. The minimum atomic E-state index is -0.543. The van der Waals surface area contributed by atoms with E-state index in [1.54, 1.807) is 29.2 Å². The zero-order valence-corrected chi connectivity index (χ0v) is 15.2. The normalized spacial score (nSPS) is 16.3. The van der Waals surface area contributed by atoms with Gasteiger partial charge in [0.2, 0.25) is 11.7 Å². The number of benzene rings is 1. The summed E-state index contributed by atoms with van der Waals surface area (Å²) in [5.74, 6) is -0.913. The molecule has 2 aromatic rings. The zero-order valence-electron chi connectivity index (χ0n) is 15.2. The number of likely N-dealkylation sites (tertiary alicyclic amines) is 1. The molecule has 1 N–H and O–H groups in total. The van der Waals surface area contributed by atoms with Gasteiger partial charge in [-0.15, -0.1) is 0 Å². The van der Waals surface area contributed by atoms with Crippen molar-refractivity contribution in [3.05, 3.63) is 47.7 Å². The van der Waals surface area contributed by atoms with Gasteiger partial charge in [0.25, 0.3) is 11.8 Å². The summed E-state index contributed by atoms with van der Waals surface area (Å²) in [6, 6.07) is 6.70. The third kappa shape index (κ3) is 4.39. The fraction of sp³-hybridized carbons (Fsp3) is 0.368. The van der Waals surface area contributed by atoms with Crippen molar-refractivity contribution in [2.45, 2.75) is 32.8 Å². The number of rotatable bonds is 5. The van der Waals surface area contributed by atoms with Crippen LogP contribution in [0.3, 0.4) is 0 Å². The molecule has 1 atom stereocenters. The van der Waals surface area contributed by atoms with E-state index in [0.717, 1.165) is 0 Å². The van der Waals surface area contributed by atoms with Gasteiger partial charge in [-0.1, -0.05) is 6.92 Å². The molecule has 2 amide bonds. The largest absolute Gasteiger partial charge is 0.470 e. The number of anilines is 1. The number of aryl methyl sites for hydroxylation is 1. The van der Waals surface area contributed by atoms with Crippen LogP contribution in [0.2, 0.25) is 0 Å². The maximum Gasteiger partial charge on any atom is 0.254 e. The maximum atomic E-state index is 14.2. The Hall–Kier alpha value is -3.03. The summed E-state index contributed by atoms with van der Waals surface area (Å²) in [5.41, 5.74) is 1.46. The van der Waals surface area contributed by atoms with Gasteiger partial charge < -0.3 is 15.0 Å². The topological polar surface area (TPSA) is 84.4 Å². The summed E-state index contributed by atoms with van der Waals surface area (Å²) in [6.45, 7) is 4.11. The van der Waals surface area contributed by atoms with Crippen LogP contribution < -0.4 is 10.1 Å². The van der Waals surface area contributed by atoms with Crippen molar-refractivity contribution in [1.29, 1.82) is 0 Å². The molecule has 142 valence electrons. The van der Waals surface area contributed by atoms with Gasteiger partial charge in [-0.2, -0.15) is 9.37 Å². The van der Waals surface area contributed by atoms with Gasteiger partial charge in [0.15, 0.2) is 0 Å². The number of halogens is 1. The molecule has 0 bridgehead atoms. The minimum Gasteiger partial charge on any atom is -0.470 e. The number of aromatic nitrogens is 2. The van der Waals surface area contributed by atoms with Crippen molar-refractivity contribution < 1.29 is 18.7 Å². The Morgan fingerprint density at radius 1 is 1.30 bits per heavy atom. The lowest BCUT2D eigenvalue weighted by atomic mass is 10.2. The highest BCUT2D eigenvalue weighted by Gasteiger charge is 2.29. The second-order valence-corrected chi connectivity index (χ2v) is 6.33. The van der Waals surface area contributed by atoms with Crippen LogP contribution in [0.4, 0.5) is 10.1 Å². The highest BCUT2D eigenvalue weighted by Crippen LogP contribution is 2.22.